The van der Waals surface area contributed by atoms with E-state index in [0.29, 0.717) is 71.6 Å². The van der Waals surface area contributed by atoms with E-state index in [2.05, 4.69) is 77.6 Å². The van der Waals surface area contributed by atoms with E-state index >= 15 is 0 Å². The Hall–Kier alpha value is -9.08. The van der Waals surface area contributed by atoms with Gasteiger partial charge in [-0.15, -0.1) is 0 Å². The maximum Gasteiger partial charge on any atom is 0.228 e. The number of benzene rings is 4. The van der Waals surface area contributed by atoms with Crippen molar-refractivity contribution in [3.05, 3.63) is 163 Å². The Morgan fingerprint density at radius 2 is 0.647 bits per heavy atom. The molecule has 5 saturated carbocycles. The van der Waals surface area contributed by atoms with Gasteiger partial charge in [-0.25, -0.2) is 39.9 Å². The maximum absolute atomic E-state index is 12.9. The Morgan fingerprint density at radius 3 is 0.940 bits per heavy atom. The third-order valence-electron chi connectivity index (χ3n) is 25.8. The second-order valence-corrected chi connectivity index (χ2v) is 35.2. The molecule has 0 radical (unpaired) electrons. The monoisotopic (exact) mass is 1570 g/mol. The Labute approximate surface area is 685 Å². The van der Waals surface area contributed by atoms with Crippen LogP contribution in [-0.2, 0) is 123 Å². The number of fused-ring (bicyclic) bond motifs is 12. The predicted octanol–water partition coefficient (Wildman–Crippen LogP) is 17.7. The smallest absolute Gasteiger partial charge is 0.228 e. The SMILES string of the molecule is CC(=O)Nc1nc2c(nc1CC1CCCC1)-c1ccc(CO)cc1CC2.CC(C)CC(=O)Nc1nc2c(nc1CC1CCCC1)-c1ccc(CO)cc1CC2.CCC(C)C(=O)Nc1nc2c(nc1CC1CCCC1)-c1ccc(CO)cc1CC2.O=C(CC1CCCCC1)Nc1nc2c(nc1CC1CCCC1)-c1ccc(CO)cc1CC2. The summed E-state index contributed by atoms with van der Waals surface area (Å²) in [5.41, 5.74) is 24.5. The Balaban J connectivity index is 0.000000128. The number of carbonyl (C=O) groups excluding carboxylic acids is 4. The van der Waals surface area contributed by atoms with Gasteiger partial charge in [0.25, 0.3) is 0 Å². The first-order valence-electron chi connectivity index (χ1n) is 44.1. The third kappa shape index (κ3) is 20.9. The maximum atomic E-state index is 12.9. The lowest BCUT2D eigenvalue weighted by Crippen LogP contribution is -2.23. The molecule has 20 nitrogen and oxygen atoms in total. The molecule has 17 rings (SSSR count). The highest BCUT2D eigenvalue weighted by atomic mass is 16.3. The molecule has 0 saturated heterocycles. The molecule has 9 aliphatic rings. The number of amides is 4. The molecule has 1 unspecified atom stereocenters. The summed E-state index contributed by atoms with van der Waals surface area (Å²) in [6.45, 7) is 9.83. The zero-order chi connectivity index (χ0) is 80.8. The van der Waals surface area contributed by atoms with E-state index in [1.807, 2.05) is 44.2 Å². The van der Waals surface area contributed by atoms with Gasteiger partial charge >= 0.3 is 0 Å². The van der Waals surface area contributed by atoms with Crippen LogP contribution < -0.4 is 21.3 Å². The first-order valence-corrected chi connectivity index (χ1v) is 44.1. The predicted molar refractivity (Wildman–Crippen MR) is 456 cm³/mol. The summed E-state index contributed by atoms with van der Waals surface area (Å²) < 4.78 is 0. The average molecular weight is 1570 g/mol. The third-order valence-corrected chi connectivity index (χ3v) is 25.8. The Kier molecular flexibility index (Phi) is 28.4. The van der Waals surface area contributed by atoms with Crippen LogP contribution in [0.25, 0.3) is 45.0 Å². The van der Waals surface area contributed by atoms with Gasteiger partial charge in [-0.05, 0) is 176 Å². The van der Waals surface area contributed by atoms with Crippen LogP contribution in [-0.4, -0.2) is 83.9 Å². The lowest BCUT2D eigenvalue weighted by molar-refractivity contribution is -0.119. The fraction of sp³-hybridized carbons (Fsp3) is 0.542. The second kappa shape index (κ2) is 39.4. The minimum Gasteiger partial charge on any atom is -0.392 e. The summed E-state index contributed by atoms with van der Waals surface area (Å²) in [5, 5.41) is 50.0. The van der Waals surface area contributed by atoms with Crippen molar-refractivity contribution >= 4 is 46.9 Å². The number of aliphatic hydroxyl groups is 4. The number of aliphatic hydroxyl groups excluding tert-OH is 4. The van der Waals surface area contributed by atoms with E-state index in [0.717, 1.165) is 196 Å². The van der Waals surface area contributed by atoms with Crippen molar-refractivity contribution in [3.8, 4) is 45.0 Å². The average Bonchev–Trinajstić information content (AvgIpc) is 0.975. The topological polar surface area (TPSA) is 300 Å². The highest BCUT2D eigenvalue weighted by Crippen LogP contribution is 2.42. The second-order valence-electron chi connectivity index (χ2n) is 35.2. The molecule has 0 bridgehead atoms. The Morgan fingerprint density at radius 1 is 0.362 bits per heavy atom. The zero-order valence-corrected chi connectivity index (χ0v) is 69.3. The number of rotatable bonds is 22. The number of nitrogens with zero attached hydrogens (tertiary/aromatic N) is 8. The number of carbonyl (C=O) groups is 4. The van der Waals surface area contributed by atoms with E-state index in [1.54, 1.807) is 0 Å². The van der Waals surface area contributed by atoms with E-state index < -0.39 is 0 Å². The lowest BCUT2D eigenvalue weighted by Gasteiger charge is -2.23. The van der Waals surface area contributed by atoms with Crippen molar-refractivity contribution in [3.63, 3.8) is 0 Å². The van der Waals surface area contributed by atoms with Gasteiger partial charge in [-0.3, -0.25) is 19.2 Å². The molecule has 1 atom stereocenters. The van der Waals surface area contributed by atoms with Gasteiger partial charge in [0.05, 0.1) is 94.8 Å². The van der Waals surface area contributed by atoms with Crippen LogP contribution in [0.2, 0.25) is 0 Å². The molecule has 4 aromatic heterocycles. The number of nitrogens with one attached hydrogen (secondary N) is 4. The molecule has 4 amide bonds. The molecule has 8 N–H and O–H groups in total. The van der Waals surface area contributed by atoms with Crippen LogP contribution in [0.1, 0.15) is 279 Å². The van der Waals surface area contributed by atoms with Crippen molar-refractivity contribution in [2.75, 3.05) is 21.3 Å². The van der Waals surface area contributed by atoms with Gasteiger partial charge < -0.3 is 41.7 Å². The highest BCUT2D eigenvalue weighted by molar-refractivity contribution is 5.93. The van der Waals surface area contributed by atoms with Gasteiger partial charge in [0.1, 0.15) is 0 Å². The number of hydrogen-bond acceptors (Lipinski definition) is 16. The summed E-state index contributed by atoms with van der Waals surface area (Å²) in [4.78, 5) is 89.4. The van der Waals surface area contributed by atoms with Crippen LogP contribution in [0, 0.1) is 41.4 Å². The van der Waals surface area contributed by atoms with Gasteiger partial charge in [-0.2, -0.15) is 0 Å². The molecule has 20 heteroatoms. The molecule has 9 aliphatic carbocycles. The van der Waals surface area contributed by atoms with Gasteiger partial charge in [0.2, 0.25) is 23.6 Å². The van der Waals surface area contributed by atoms with Crippen LogP contribution in [0.5, 0.6) is 0 Å². The summed E-state index contributed by atoms with van der Waals surface area (Å²) in [6.07, 6.45) is 38.5. The molecule has 614 valence electrons. The molecular formula is C96H122N12O8. The minimum atomic E-state index is -0.101. The van der Waals surface area contributed by atoms with Crippen LogP contribution >= 0.6 is 0 Å². The van der Waals surface area contributed by atoms with E-state index in [9.17, 15) is 39.6 Å². The number of aromatic nitrogens is 8. The van der Waals surface area contributed by atoms with E-state index in [1.165, 1.54) is 164 Å². The molecular weight excluding hydrogens is 1450 g/mol. The standard InChI is InChI=1S/C27H35N3O2.2C24H31N3O2.C21H25N3O2/c31-17-20-10-12-22-21(14-20)11-13-23-26(22)28-24(15-18-8-4-5-9-18)27(29-23)30-25(32)16-19-6-2-1-3-7-19;1-15(2)11-22(29)27-24-21(13-16-5-3-4-6-16)25-23-19-9-7-17(14-28)12-18(19)8-10-20(23)26-24;1-3-15(2)24(29)27-23-21(13-16-6-4-5-7-16)25-22-19-10-8-17(14-28)12-18(19)9-11-20(22)26-23;1-13(26)22-21-19(11-14-4-2-3-5-14)23-20-17-8-6-15(12-25)10-16(17)7-9-18(20)24-21/h10,12,14,18-19,31H,1-9,11,13,15-17H2,(H,29,30,32);7,9,12,15-16,28H,3-6,8,10-11,13-14H2,1-2H3,(H,26,27,29);8,10,12,15-16,28H,3-7,9,11,13-14H2,1-2H3,(H,26,27,29);6,8,10,14,25H,2-5,7,9,11-12H2,1H3,(H,22,24,26). The molecule has 0 aliphatic heterocycles. The van der Waals surface area contributed by atoms with Crippen molar-refractivity contribution in [2.45, 2.75) is 292 Å². The first-order chi connectivity index (χ1) is 56.4. The fourth-order valence-electron chi connectivity index (χ4n) is 19.2. The van der Waals surface area contributed by atoms with Crippen molar-refractivity contribution in [2.24, 2.45) is 41.4 Å². The van der Waals surface area contributed by atoms with Crippen molar-refractivity contribution in [1.82, 2.24) is 39.9 Å². The molecule has 4 heterocycles. The van der Waals surface area contributed by atoms with Gasteiger partial charge in [0.15, 0.2) is 23.3 Å². The largest absolute Gasteiger partial charge is 0.392 e. The summed E-state index contributed by atoms with van der Waals surface area (Å²) in [7, 11) is 0. The zero-order valence-electron chi connectivity index (χ0n) is 69.3. The summed E-state index contributed by atoms with van der Waals surface area (Å²) in [6, 6.07) is 24.4. The van der Waals surface area contributed by atoms with E-state index in [4.69, 9.17) is 39.9 Å². The Bertz CT molecular complexity index is 4820. The number of anilines is 4. The molecule has 0 spiro atoms. The van der Waals surface area contributed by atoms with Crippen molar-refractivity contribution in [1.29, 1.82) is 0 Å². The quantitative estimate of drug-likeness (QED) is 0.0313. The molecule has 5 fully saturated rings. The van der Waals surface area contributed by atoms with Gasteiger partial charge in [-0.1, -0.05) is 222 Å². The van der Waals surface area contributed by atoms with Gasteiger partial charge in [0, 0.05) is 47.9 Å². The van der Waals surface area contributed by atoms with Crippen LogP contribution in [0.4, 0.5) is 23.3 Å². The summed E-state index contributed by atoms with van der Waals surface area (Å²) in [5.74, 6) is 6.02. The first kappa shape index (κ1) is 83.4. The molecule has 116 heavy (non-hydrogen) atoms. The number of aryl methyl sites for hydroxylation is 8. The van der Waals surface area contributed by atoms with Crippen LogP contribution in [0.3, 0.4) is 0 Å². The normalized spacial score (nSPS) is 17.1. The molecule has 4 aromatic carbocycles. The number of hydrogen-bond donors (Lipinski definition) is 8. The van der Waals surface area contributed by atoms with E-state index in [-0.39, 0.29) is 56.0 Å². The highest BCUT2D eigenvalue weighted by Gasteiger charge is 2.32. The minimum absolute atomic E-state index is 0.0192. The van der Waals surface area contributed by atoms with Crippen LogP contribution in [0.15, 0.2) is 72.8 Å². The van der Waals surface area contributed by atoms with Crippen molar-refractivity contribution < 1.29 is 39.6 Å². The summed E-state index contributed by atoms with van der Waals surface area (Å²) >= 11 is 0. The fourth-order valence-corrected chi connectivity index (χ4v) is 19.2. The lowest BCUT2D eigenvalue weighted by atomic mass is 9.87. The molecule has 8 aromatic rings.